The highest BCUT2D eigenvalue weighted by Crippen LogP contribution is 2.24. The van der Waals surface area contributed by atoms with Crippen LogP contribution in [0, 0.1) is 11.8 Å². The fourth-order valence-corrected chi connectivity index (χ4v) is 1.83. The zero-order valence-electron chi connectivity index (χ0n) is 10.7. The Kier molecular flexibility index (Phi) is 5.80. The van der Waals surface area contributed by atoms with Crippen molar-refractivity contribution in [3.63, 3.8) is 0 Å². The molecule has 0 aromatic rings. The van der Waals surface area contributed by atoms with Gasteiger partial charge in [0.15, 0.2) is 6.61 Å². The van der Waals surface area contributed by atoms with Gasteiger partial charge >= 0.3 is 0 Å². The Morgan fingerprint density at radius 3 is 2.71 bits per heavy atom. The zero-order chi connectivity index (χ0) is 12.7. The van der Waals surface area contributed by atoms with Crippen LogP contribution in [0.1, 0.15) is 39.5 Å². The van der Waals surface area contributed by atoms with Crippen LogP contribution in [0.4, 0.5) is 0 Å². The maximum absolute atomic E-state index is 11.3. The number of nitrogens with zero attached hydrogens (tertiary/aromatic N) is 1. The van der Waals surface area contributed by atoms with Crippen molar-refractivity contribution in [2.24, 2.45) is 22.7 Å². The summed E-state index contributed by atoms with van der Waals surface area (Å²) in [6, 6.07) is 0. The topological polar surface area (TPSA) is 76.7 Å². The molecule has 0 saturated heterocycles. The lowest BCUT2D eigenvalue weighted by atomic mass is 10.1. The van der Waals surface area contributed by atoms with Crippen LogP contribution in [-0.2, 0) is 9.63 Å². The highest BCUT2D eigenvalue weighted by molar-refractivity contribution is 5.82. The molecule has 0 radical (unpaired) electrons. The van der Waals surface area contributed by atoms with Gasteiger partial charge in [-0.05, 0) is 18.8 Å². The molecule has 0 heterocycles. The molecule has 1 rings (SSSR count). The summed E-state index contributed by atoms with van der Waals surface area (Å²) in [5.41, 5.74) is 5.78. The maximum Gasteiger partial charge on any atom is 0.260 e. The molecule has 0 aromatic carbocycles. The molecule has 98 valence electrons. The first-order valence-electron chi connectivity index (χ1n) is 6.31. The van der Waals surface area contributed by atoms with Crippen LogP contribution >= 0.6 is 0 Å². The predicted molar refractivity (Wildman–Crippen MR) is 67.4 cm³/mol. The number of nitrogens with two attached hydrogens (primary N) is 1. The number of hydrogen-bond acceptors (Lipinski definition) is 3. The number of rotatable bonds is 6. The Labute approximate surface area is 103 Å². The number of oxime groups is 1. The van der Waals surface area contributed by atoms with Crippen LogP contribution in [0.15, 0.2) is 5.16 Å². The summed E-state index contributed by atoms with van der Waals surface area (Å²) in [7, 11) is 0. The van der Waals surface area contributed by atoms with Gasteiger partial charge in [-0.3, -0.25) is 4.79 Å². The van der Waals surface area contributed by atoms with E-state index in [0.29, 0.717) is 24.2 Å². The quantitative estimate of drug-likeness (QED) is 0.417. The van der Waals surface area contributed by atoms with Gasteiger partial charge in [0.05, 0.1) is 0 Å². The first kappa shape index (κ1) is 13.8. The van der Waals surface area contributed by atoms with Gasteiger partial charge in [-0.2, -0.15) is 0 Å². The summed E-state index contributed by atoms with van der Waals surface area (Å²) in [5.74, 6) is 1.15. The Hall–Kier alpha value is -1.26. The van der Waals surface area contributed by atoms with Gasteiger partial charge in [0.2, 0.25) is 0 Å². The molecule has 1 fully saturated rings. The summed E-state index contributed by atoms with van der Waals surface area (Å²) in [6.07, 6.45) is 4.57. The van der Waals surface area contributed by atoms with Crippen LogP contribution in [-0.4, -0.2) is 24.9 Å². The molecule has 1 aliphatic carbocycles. The molecule has 0 aromatic heterocycles. The number of amides is 1. The smallest absolute Gasteiger partial charge is 0.260 e. The van der Waals surface area contributed by atoms with Crippen molar-refractivity contribution in [2.45, 2.75) is 39.5 Å². The lowest BCUT2D eigenvalue weighted by Gasteiger charge is -2.08. The molecule has 0 spiro atoms. The van der Waals surface area contributed by atoms with Gasteiger partial charge < -0.3 is 15.9 Å². The minimum Gasteiger partial charge on any atom is -0.384 e. The third-order valence-electron chi connectivity index (χ3n) is 2.85. The van der Waals surface area contributed by atoms with E-state index in [4.69, 9.17) is 10.6 Å². The molecule has 1 saturated carbocycles. The second kappa shape index (κ2) is 7.14. The largest absolute Gasteiger partial charge is 0.384 e. The van der Waals surface area contributed by atoms with Gasteiger partial charge in [-0.1, -0.05) is 31.8 Å². The monoisotopic (exact) mass is 241 g/mol. The van der Waals surface area contributed by atoms with E-state index in [9.17, 15) is 4.79 Å². The predicted octanol–water partition coefficient (Wildman–Crippen LogP) is 1.24. The molecule has 5 heteroatoms. The van der Waals surface area contributed by atoms with Gasteiger partial charge in [-0.25, -0.2) is 0 Å². The molecular weight excluding hydrogens is 218 g/mol. The van der Waals surface area contributed by atoms with Gasteiger partial charge in [0, 0.05) is 12.5 Å². The molecule has 0 unspecified atom stereocenters. The fourth-order valence-electron chi connectivity index (χ4n) is 1.83. The molecule has 0 aliphatic heterocycles. The zero-order valence-corrected chi connectivity index (χ0v) is 10.7. The molecule has 1 aliphatic rings. The lowest BCUT2D eigenvalue weighted by Crippen LogP contribution is -2.30. The van der Waals surface area contributed by atoms with Crippen LogP contribution in [0.2, 0.25) is 0 Å². The molecule has 1 amide bonds. The molecule has 0 bridgehead atoms. The van der Waals surface area contributed by atoms with Gasteiger partial charge in [0.1, 0.15) is 5.84 Å². The van der Waals surface area contributed by atoms with Crippen molar-refractivity contribution in [1.82, 2.24) is 5.32 Å². The van der Waals surface area contributed by atoms with E-state index in [1.165, 1.54) is 12.8 Å². The lowest BCUT2D eigenvalue weighted by molar-refractivity contribution is -0.125. The maximum atomic E-state index is 11.3. The molecular formula is C12H23N3O2. The van der Waals surface area contributed by atoms with Crippen molar-refractivity contribution in [2.75, 3.05) is 13.2 Å². The third kappa shape index (κ3) is 5.56. The highest BCUT2D eigenvalue weighted by atomic mass is 16.6. The van der Waals surface area contributed by atoms with E-state index in [2.05, 4.69) is 10.5 Å². The minimum atomic E-state index is -0.151. The number of nitrogens with one attached hydrogen (secondary N) is 1. The summed E-state index contributed by atoms with van der Waals surface area (Å²) in [4.78, 5) is 16.3. The molecule has 17 heavy (non-hydrogen) atoms. The van der Waals surface area contributed by atoms with Gasteiger partial charge in [-0.15, -0.1) is 0 Å². The SMILES string of the molecule is CC(C)CNC(=O)CON=C(N)C1CCCC1. The Balaban J connectivity index is 2.17. The Morgan fingerprint density at radius 2 is 2.12 bits per heavy atom. The van der Waals surface area contributed by atoms with E-state index < -0.39 is 0 Å². The number of hydrogen-bond donors (Lipinski definition) is 2. The first-order chi connectivity index (χ1) is 8.09. The Morgan fingerprint density at radius 1 is 1.47 bits per heavy atom. The third-order valence-corrected chi connectivity index (χ3v) is 2.85. The summed E-state index contributed by atoms with van der Waals surface area (Å²) in [6.45, 7) is 4.68. The van der Waals surface area contributed by atoms with Gasteiger partial charge in [0.25, 0.3) is 5.91 Å². The molecule has 5 nitrogen and oxygen atoms in total. The molecule has 3 N–H and O–H groups in total. The fraction of sp³-hybridized carbons (Fsp3) is 0.833. The normalized spacial score (nSPS) is 17.5. The second-order valence-electron chi connectivity index (χ2n) is 4.97. The van der Waals surface area contributed by atoms with Crippen LogP contribution in [0.3, 0.4) is 0 Å². The van der Waals surface area contributed by atoms with Crippen molar-refractivity contribution < 1.29 is 9.63 Å². The van der Waals surface area contributed by atoms with E-state index in [0.717, 1.165) is 12.8 Å². The van der Waals surface area contributed by atoms with E-state index in [-0.39, 0.29) is 12.5 Å². The number of carbonyl (C=O) groups excluding carboxylic acids is 1. The Bertz CT molecular complexity index is 271. The van der Waals surface area contributed by atoms with E-state index in [1.54, 1.807) is 0 Å². The first-order valence-corrected chi connectivity index (χ1v) is 6.31. The molecule has 0 atom stereocenters. The van der Waals surface area contributed by atoms with Crippen LogP contribution < -0.4 is 11.1 Å². The van der Waals surface area contributed by atoms with E-state index >= 15 is 0 Å². The highest BCUT2D eigenvalue weighted by Gasteiger charge is 2.19. The number of amidine groups is 1. The van der Waals surface area contributed by atoms with Crippen molar-refractivity contribution in [3.8, 4) is 0 Å². The van der Waals surface area contributed by atoms with E-state index in [1.807, 2.05) is 13.8 Å². The summed E-state index contributed by atoms with van der Waals surface area (Å²) < 4.78 is 0. The van der Waals surface area contributed by atoms with Crippen molar-refractivity contribution in [1.29, 1.82) is 0 Å². The summed E-state index contributed by atoms with van der Waals surface area (Å²) in [5, 5.41) is 6.56. The standard InChI is InChI=1S/C12H23N3O2/c1-9(2)7-14-11(16)8-17-15-12(13)10-5-3-4-6-10/h9-10H,3-8H2,1-2H3,(H2,13,15)(H,14,16). The van der Waals surface area contributed by atoms with Crippen LogP contribution in [0.25, 0.3) is 0 Å². The second-order valence-corrected chi connectivity index (χ2v) is 4.97. The van der Waals surface area contributed by atoms with Crippen molar-refractivity contribution in [3.05, 3.63) is 0 Å². The summed E-state index contributed by atoms with van der Waals surface area (Å²) >= 11 is 0. The average Bonchev–Trinajstić information content (AvgIpc) is 2.79. The van der Waals surface area contributed by atoms with Crippen molar-refractivity contribution >= 4 is 11.7 Å². The minimum absolute atomic E-state index is 0.0554. The number of carbonyl (C=O) groups is 1. The van der Waals surface area contributed by atoms with Crippen LogP contribution in [0.5, 0.6) is 0 Å². The average molecular weight is 241 g/mol.